The minimum atomic E-state index is -3.57. The van der Waals surface area contributed by atoms with Gasteiger partial charge in [-0.1, -0.05) is 30.0 Å². The van der Waals surface area contributed by atoms with E-state index in [9.17, 15) is 13.2 Å². The second-order valence-corrected chi connectivity index (χ2v) is 10.4. The number of para-hydroxylation sites is 1. The Balaban J connectivity index is 1.40. The van der Waals surface area contributed by atoms with Gasteiger partial charge < -0.3 is 10.1 Å². The Kier molecular flexibility index (Phi) is 6.89. The molecule has 0 aliphatic carbocycles. The molecule has 9 nitrogen and oxygen atoms in total. The molecule has 32 heavy (non-hydrogen) atoms. The monoisotopic (exact) mass is 473 g/mol. The molecule has 1 atom stereocenters. The number of aromatic nitrogens is 3. The fourth-order valence-electron chi connectivity index (χ4n) is 3.17. The van der Waals surface area contributed by atoms with E-state index >= 15 is 0 Å². The van der Waals surface area contributed by atoms with Crippen LogP contribution in [0.15, 0.2) is 71.0 Å². The molecule has 1 aliphatic rings. The van der Waals surface area contributed by atoms with Gasteiger partial charge in [0.25, 0.3) is 0 Å². The van der Waals surface area contributed by atoms with Crippen LogP contribution in [-0.2, 0) is 19.6 Å². The molecule has 1 saturated heterocycles. The van der Waals surface area contributed by atoms with Crippen molar-refractivity contribution in [1.29, 1.82) is 0 Å². The third-order valence-electron chi connectivity index (χ3n) is 4.93. The Morgan fingerprint density at radius 1 is 1.09 bits per heavy atom. The van der Waals surface area contributed by atoms with Crippen LogP contribution in [0.1, 0.15) is 6.92 Å². The molecule has 4 rings (SSSR count). The molecule has 1 N–H and O–H groups in total. The third kappa shape index (κ3) is 5.01. The van der Waals surface area contributed by atoms with Crippen molar-refractivity contribution in [3.63, 3.8) is 0 Å². The van der Waals surface area contributed by atoms with Gasteiger partial charge in [-0.05, 0) is 43.3 Å². The number of ether oxygens (including phenoxy) is 1. The van der Waals surface area contributed by atoms with E-state index < -0.39 is 15.3 Å². The average molecular weight is 474 g/mol. The lowest BCUT2D eigenvalue weighted by Crippen LogP contribution is -2.40. The van der Waals surface area contributed by atoms with E-state index in [0.29, 0.717) is 37.1 Å². The summed E-state index contributed by atoms with van der Waals surface area (Å²) < 4.78 is 33.9. The highest BCUT2D eigenvalue weighted by Crippen LogP contribution is 2.25. The molecular weight excluding hydrogens is 450 g/mol. The van der Waals surface area contributed by atoms with Crippen molar-refractivity contribution in [3.8, 4) is 5.69 Å². The molecule has 1 fully saturated rings. The van der Waals surface area contributed by atoms with E-state index in [0.717, 1.165) is 5.69 Å². The molecule has 2 aromatic carbocycles. The molecule has 1 aromatic heterocycles. The maximum absolute atomic E-state index is 12.7. The van der Waals surface area contributed by atoms with E-state index in [1.54, 1.807) is 25.4 Å². The van der Waals surface area contributed by atoms with Gasteiger partial charge in [-0.3, -0.25) is 9.36 Å². The number of morpholine rings is 1. The lowest BCUT2D eigenvalue weighted by atomic mass is 10.3. The third-order valence-corrected chi connectivity index (χ3v) is 7.90. The number of hydrogen-bond acceptors (Lipinski definition) is 7. The van der Waals surface area contributed by atoms with Crippen LogP contribution in [0, 0.1) is 0 Å². The normalized spacial score (nSPS) is 15.9. The van der Waals surface area contributed by atoms with E-state index in [4.69, 9.17) is 4.74 Å². The Morgan fingerprint density at radius 2 is 1.78 bits per heavy atom. The zero-order chi connectivity index (χ0) is 22.6. The van der Waals surface area contributed by atoms with Gasteiger partial charge in [0.15, 0.2) is 5.16 Å². The van der Waals surface area contributed by atoms with Crippen molar-refractivity contribution in [2.45, 2.75) is 22.2 Å². The highest BCUT2D eigenvalue weighted by Gasteiger charge is 2.26. The van der Waals surface area contributed by atoms with Crippen LogP contribution in [0.2, 0.25) is 0 Å². The van der Waals surface area contributed by atoms with Gasteiger partial charge in [0.2, 0.25) is 15.9 Å². The summed E-state index contributed by atoms with van der Waals surface area (Å²) in [4.78, 5) is 12.9. The van der Waals surface area contributed by atoms with Crippen molar-refractivity contribution in [1.82, 2.24) is 19.1 Å². The van der Waals surface area contributed by atoms with Gasteiger partial charge in [0.05, 0.1) is 23.4 Å². The van der Waals surface area contributed by atoms with E-state index in [1.165, 1.54) is 28.2 Å². The molecule has 0 unspecified atom stereocenters. The Hall–Kier alpha value is -2.73. The Morgan fingerprint density at radius 3 is 2.47 bits per heavy atom. The highest BCUT2D eigenvalue weighted by atomic mass is 32.2. The summed E-state index contributed by atoms with van der Waals surface area (Å²) in [6.45, 7) is 3.23. The van der Waals surface area contributed by atoms with E-state index in [1.807, 2.05) is 34.9 Å². The van der Waals surface area contributed by atoms with Gasteiger partial charge in [0, 0.05) is 24.5 Å². The second-order valence-electron chi connectivity index (χ2n) is 7.11. The number of carbonyl (C=O) groups is 1. The summed E-state index contributed by atoms with van der Waals surface area (Å²) in [5.41, 5.74) is 1.43. The maximum atomic E-state index is 12.7. The second kappa shape index (κ2) is 9.82. The van der Waals surface area contributed by atoms with Gasteiger partial charge >= 0.3 is 0 Å². The van der Waals surface area contributed by atoms with Gasteiger partial charge in [-0.25, -0.2) is 8.42 Å². The lowest BCUT2D eigenvalue weighted by molar-refractivity contribution is -0.115. The number of carbonyl (C=O) groups excluding carboxylic acids is 1. The van der Waals surface area contributed by atoms with Crippen molar-refractivity contribution in [2.75, 3.05) is 31.6 Å². The zero-order valence-corrected chi connectivity index (χ0v) is 19.1. The van der Waals surface area contributed by atoms with Crippen LogP contribution in [0.3, 0.4) is 0 Å². The molecule has 0 saturated carbocycles. The first-order valence-corrected chi connectivity index (χ1v) is 12.4. The predicted octanol–water partition coefficient (Wildman–Crippen LogP) is 2.41. The topological polar surface area (TPSA) is 106 Å². The molecule has 3 aromatic rings. The molecular formula is C21H23N5O4S2. The largest absolute Gasteiger partial charge is 0.379 e. The quantitative estimate of drug-likeness (QED) is 0.525. The minimum absolute atomic E-state index is 0.191. The van der Waals surface area contributed by atoms with Crippen LogP contribution < -0.4 is 5.32 Å². The number of hydrogen-bond donors (Lipinski definition) is 1. The van der Waals surface area contributed by atoms with Crippen molar-refractivity contribution in [2.24, 2.45) is 0 Å². The molecule has 2 heterocycles. The van der Waals surface area contributed by atoms with Gasteiger partial charge in [0.1, 0.15) is 6.33 Å². The first-order valence-electron chi connectivity index (χ1n) is 10.1. The van der Waals surface area contributed by atoms with E-state index in [2.05, 4.69) is 15.5 Å². The number of benzene rings is 2. The summed E-state index contributed by atoms with van der Waals surface area (Å²) >= 11 is 1.29. The molecule has 0 spiro atoms. The summed E-state index contributed by atoms with van der Waals surface area (Å²) in [5.74, 6) is -0.221. The SMILES string of the molecule is C[C@@H](Sc1nncn1-c1ccccc1)C(=O)Nc1ccc(S(=O)(=O)N2CCOCC2)cc1. The summed E-state index contributed by atoms with van der Waals surface area (Å²) in [5, 5.41) is 11.1. The number of amides is 1. The predicted molar refractivity (Wildman–Crippen MR) is 121 cm³/mol. The van der Waals surface area contributed by atoms with Gasteiger partial charge in [-0.2, -0.15) is 4.31 Å². The molecule has 1 amide bonds. The minimum Gasteiger partial charge on any atom is -0.379 e. The number of nitrogens with zero attached hydrogens (tertiary/aromatic N) is 4. The van der Waals surface area contributed by atoms with Crippen molar-refractivity contribution < 1.29 is 17.9 Å². The van der Waals surface area contributed by atoms with Crippen LogP contribution in [-0.4, -0.2) is 64.9 Å². The van der Waals surface area contributed by atoms with Crippen LogP contribution in [0.4, 0.5) is 5.69 Å². The summed E-state index contributed by atoms with van der Waals surface area (Å²) in [7, 11) is -3.57. The molecule has 0 radical (unpaired) electrons. The Labute approximate surface area is 190 Å². The summed E-state index contributed by atoms with van der Waals surface area (Å²) in [6.07, 6.45) is 1.61. The van der Waals surface area contributed by atoms with Crippen LogP contribution in [0.25, 0.3) is 5.69 Å². The number of rotatable bonds is 7. The van der Waals surface area contributed by atoms with Crippen molar-refractivity contribution in [3.05, 3.63) is 60.9 Å². The maximum Gasteiger partial charge on any atom is 0.243 e. The molecule has 0 bridgehead atoms. The van der Waals surface area contributed by atoms with Crippen LogP contribution >= 0.6 is 11.8 Å². The lowest BCUT2D eigenvalue weighted by Gasteiger charge is -2.26. The standard InChI is InChI=1S/C21H23N5O4S2/c1-16(31-21-24-22-15-26(21)18-5-3-2-4-6-18)20(27)23-17-7-9-19(10-8-17)32(28,29)25-11-13-30-14-12-25/h2-10,15-16H,11-14H2,1H3,(H,23,27)/t16-/m1/s1. The number of nitrogens with one attached hydrogen (secondary N) is 1. The summed E-state index contributed by atoms with van der Waals surface area (Å²) in [6, 6.07) is 15.8. The highest BCUT2D eigenvalue weighted by molar-refractivity contribution is 8.00. The molecule has 11 heteroatoms. The average Bonchev–Trinajstić information content (AvgIpc) is 3.28. The Bertz CT molecular complexity index is 1160. The van der Waals surface area contributed by atoms with Crippen LogP contribution in [0.5, 0.6) is 0 Å². The first kappa shape index (κ1) is 22.5. The number of sulfonamides is 1. The fourth-order valence-corrected chi connectivity index (χ4v) is 5.42. The molecule has 1 aliphatic heterocycles. The number of anilines is 1. The zero-order valence-electron chi connectivity index (χ0n) is 17.4. The van der Waals surface area contributed by atoms with Crippen molar-refractivity contribution >= 4 is 33.4 Å². The fraction of sp³-hybridized carbons (Fsp3) is 0.286. The smallest absolute Gasteiger partial charge is 0.243 e. The van der Waals surface area contributed by atoms with Gasteiger partial charge in [-0.15, -0.1) is 10.2 Å². The number of thioether (sulfide) groups is 1. The van der Waals surface area contributed by atoms with E-state index in [-0.39, 0.29) is 10.8 Å². The molecule has 168 valence electrons. The first-order chi connectivity index (χ1) is 15.4.